The van der Waals surface area contributed by atoms with Crippen molar-refractivity contribution >= 4 is 17.9 Å². The molecule has 0 aromatic carbocycles. The largest absolute Gasteiger partial charge is 0.481 e. The van der Waals surface area contributed by atoms with E-state index >= 15 is 0 Å². The summed E-state index contributed by atoms with van der Waals surface area (Å²) in [4.78, 5) is 41.4. The number of hydrazine groups is 1. The SMILES string of the molecule is CCCCCCCCCN(CC(C)(C)C)C(=O)NNC1([C@H](CNC(=O)C2OC(C)(C)OCC2(C)C)C(=O)O)CCCCC1. The highest BCUT2D eigenvalue weighted by atomic mass is 16.7. The predicted octanol–water partition coefficient (Wildman–Crippen LogP) is 6.00. The Kier molecular flexibility index (Phi) is 14.2. The van der Waals surface area contributed by atoms with Crippen molar-refractivity contribution in [3.8, 4) is 0 Å². The lowest BCUT2D eigenvalue weighted by Crippen LogP contribution is -2.65. The van der Waals surface area contributed by atoms with Gasteiger partial charge in [0.05, 0.1) is 18.1 Å². The number of unbranched alkanes of at least 4 members (excludes halogenated alkanes) is 6. The summed E-state index contributed by atoms with van der Waals surface area (Å²) in [6, 6.07) is -0.237. The molecule has 2 aliphatic rings. The molecule has 10 heteroatoms. The molecule has 0 bridgehead atoms. The molecule has 1 saturated heterocycles. The van der Waals surface area contributed by atoms with Crippen molar-refractivity contribution in [1.82, 2.24) is 21.1 Å². The van der Waals surface area contributed by atoms with E-state index in [4.69, 9.17) is 9.47 Å². The van der Waals surface area contributed by atoms with E-state index in [-0.39, 0.29) is 23.9 Å². The first-order valence-corrected chi connectivity index (χ1v) is 16.7. The number of rotatable bonds is 16. The van der Waals surface area contributed by atoms with Gasteiger partial charge in [0.1, 0.15) is 6.10 Å². The average molecular weight is 611 g/mol. The minimum Gasteiger partial charge on any atom is -0.481 e. The Labute approximate surface area is 260 Å². The van der Waals surface area contributed by atoms with Gasteiger partial charge in [0, 0.05) is 25.0 Å². The number of carboxylic acids is 1. The van der Waals surface area contributed by atoms with Crippen molar-refractivity contribution in [2.24, 2.45) is 16.7 Å². The summed E-state index contributed by atoms with van der Waals surface area (Å²) in [5.41, 5.74) is 4.60. The van der Waals surface area contributed by atoms with E-state index in [1.807, 2.05) is 18.7 Å². The first-order chi connectivity index (χ1) is 20.0. The normalized spacial score (nSPS) is 21.9. The van der Waals surface area contributed by atoms with Gasteiger partial charge in [-0.3, -0.25) is 15.0 Å². The van der Waals surface area contributed by atoms with Crippen LogP contribution in [0, 0.1) is 16.7 Å². The molecular weight excluding hydrogens is 548 g/mol. The number of hydrogen-bond donors (Lipinski definition) is 4. The van der Waals surface area contributed by atoms with Crippen molar-refractivity contribution in [3.05, 3.63) is 0 Å². The Bertz CT molecular complexity index is 894. The fourth-order valence-corrected chi connectivity index (χ4v) is 6.22. The molecule has 1 saturated carbocycles. The molecule has 0 radical (unpaired) electrons. The number of hydrogen-bond acceptors (Lipinski definition) is 6. The molecule has 2 rings (SSSR count). The van der Waals surface area contributed by atoms with E-state index in [0.29, 0.717) is 32.5 Å². The number of urea groups is 1. The van der Waals surface area contributed by atoms with E-state index in [9.17, 15) is 19.5 Å². The zero-order chi connectivity index (χ0) is 32.3. The van der Waals surface area contributed by atoms with Crippen LogP contribution < -0.4 is 16.2 Å². The molecule has 1 aliphatic heterocycles. The number of carbonyl (C=O) groups is 3. The van der Waals surface area contributed by atoms with Crippen LogP contribution in [0.1, 0.15) is 132 Å². The number of ether oxygens (including phenoxy) is 2. The topological polar surface area (TPSA) is 129 Å². The van der Waals surface area contributed by atoms with E-state index in [1.54, 1.807) is 13.8 Å². The molecule has 1 unspecified atom stereocenters. The van der Waals surface area contributed by atoms with Crippen LogP contribution in [0.2, 0.25) is 0 Å². The Hall–Kier alpha value is -1.91. The third-order valence-electron chi connectivity index (χ3n) is 8.74. The molecule has 2 atom stereocenters. The lowest BCUT2D eigenvalue weighted by molar-refractivity contribution is -0.304. The van der Waals surface area contributed by atoms with Gasteiger partial charge in [-0.05, 0) is 38.5 Å². The summed E-state index contributed by atoms with van der Waals surface area (Å²) in [5, 5.41) is 13.3. The quantitative estimate of drug-likeness (QED) is 0.125. The molecule has 250 valence electrons. The van der Waals surface area contributed by atoms with Gasteiger partial charge in [0.25, 0.3) is 0 Å². The number of amides is 3. The molecule has 1 aliphatic carbocycles. The standard InChI is InChI=1S/C33H62N4O6/c1-9-10-11-12-13-14-18-21-37(23-30(2,3)4)29(41)35-36-33(19-16-15-17-20-33)25(28(39)40)22-34-27(38)26-31(5,6)24-42-32(7,8)43-26/h25-26,36H,9-24H2,1-8H3,(H,34,38)(H,35,41)(H,39,40)/t25-,26?/m1/s1. The highest BCUT2D eigenvalue weighted by Gasteiger charge is 2.48. The van der Waals surface area contributed by atoms with Gasteiger partial charge in [-0.25, -0.2) is 10.2 Å². The van der Waals surface area contributed by atoms with Gasteiger partial charge < -0.3 is 24.8 Å². The lowest BCUT2D eigenvalue weighted by Gasteiger charge is -2.45. The van der Waals surface area contributed by atoms with Crippen molar-refractivity contribution in [2.75, 3.05) is 26.2 Å². The molecule has 2 fully saturated rings. The molecule has 0 spiro atoms. The highest BCUT2D eigenvalue weighted by molar-refractivity contribution is 5.83. The van der Waals surface area contributed by atoms with Gasteiger partial charge in [0.15, 0.2) is 5.79 Å². The van der Waals surface area contributed by atoms with Crippen molar-refractivity contribution in [2.45, 2.75) is 150 Å². The monoisotopic (exact) mass is 610 g/mol. The fourth-order valence-electron chi connectivity index (χ4n) is 6.22. The molecule has 1 heterocycles. The number of carbonyl (C=O) groups excluding carboxylic acids is 2. The molecule has 0 aromatic rings. The summed E-state index contributed by atoms with van der Waals surface area (Å²) < 4.78 is 11.7. The zero-order valence-electron chi connectivity index (χ0n) is 28.4. The van der Waals surface area contributed by atoms with Crippen LogP contribution in [0.15, 0.2) is 0 Å². The molecule has 10 nitrogen and oxygen atoms in total. The second-order valence-corrected chi connectivity index (χ2v) is 15.2. The molecule has 3 amide bonds. The maximum Gasteiger partial charge on any atom is 0.331 e. The highest BCUT2D eigenvalue weighted by Crippen LogP contribution is 2.36. The van der Waals surface area contributed by atoms with Crippen LogP contribution in [-0.2, 0) is 19.1 Å². The lowest BCUT2D eigenvalue weighted by atomic mass is 9.73. The van der Waals surface area contributed by atoms with Crippen molar-refractivity contribution in [1.29, 1.82) is 0 Å². The number of aliphatic carboxylic acids is 1. The van der Waals surface area contributed by atoms with Gasteiger partial charge in [0.2, 0.25) is 5.91 Å². The smallest absolute Gasteiger partial charge is 0.331 e. The number of nitrogens with one attached hydrogen (secondary N) is 3. The van der Waals surface area contributed by atoms with Crippen LogP contribution >= 0.6 is 0 Å². The van der Waals surface area contributed by atoms with E-state index < -0.39 is 34.7 Å². The van der Waals surface area contributed by atoms with Gasteiger partial charge in [-0.15, -0.1) is 0 Å². The average Bonchev–Trinajstić information content (AvgIpc) is 2.91. The molecule has 43 heavy (non-hydrogen) atoms. The van der Waals surface area contributed by atoms with Crippen molar-refractivity contribution < 1.29 is 29.0 Å². The molecular formula is C33H62N4O6. The summed E-state index contributed by atoms with van der Waals surface area (Å²) >= 11 is 0. The Morgan fingerprint density at radius 2 is 1.56 bits per heavy atom. The third-order valence-corrected chi connectivity index (χ3v) is 8.74. The Morgan fingerprint density at radius 1 is 0.953 bits per heavy atom. The minimum atomic E-state index is -1.01. The zero-order valence-corrected chi connectivity index (χ0v) is 28.4. The van der Waals surface area contributed by atoms with Crippen LogP contribution in [-0.4, -0.2) is 71.6 Å². The molecule has 0 aromatic heterocycles. The predicted molar refractivity (Wildman–Crippen MR) is 169 cm³/mol. The minimum absolute atomic E-state index is 0.0714. The second kappa shape index (κ2) is 16.4. The first-order valence-electron chi connectivity index (χ1n) is 16.7. The molecule has 4 N–H and O–H groups in total. The number of nitrogens with zero attached hydrogens (tertiary/aromatic N) is 1. The van der Waals surface area contributed by atoms with Gasteiger partial charge in [-0.2, -0.15) is 0 Å². The van der Waals surface area contributed by atoms with E-state index in [0.717, 1.165) is 32.1 Å². The third kappa shape index (κ3) is 12.2. The summed E-state index contributed by atoms with van der Waals surface area (Å²) in [5.74, 6) is -3.21. The Morgan fingerprint density at radius 3 is 2.14 bits per heavy atom. The van der Waals surface area contributed by atoms with Gasteiger partial charge >= 0.3 is 12.0 Å². The fraction of sp³-hybridized carbons (Fsp3) is 0.909. The van der Waals surface area contributed by atoms with Crippen LogP contribution in [0.5, 0.6) is 0 Å². The summed E-state index contributed by atoms with van der Waals surface area (Å²) in [7, 11) is 0. The van der Waals surface area contributed by atoms with E-state index in [1.165, 1.54) is 32.1 Å². The summed E-state index contributed by atoms with van der Waals surface area (Å²) in [6.45, 7) is 17.4. The Balaban J connectivity index is 2.09. The van der Waals surface area contributed by atoms with Crippen LogP contribution in [0.25, 0.3) is 0 Å². The van der Waals surface area contributed by atoms with Gasteiger partial charge in [-0.1, -0.05) is 99.3 Å². The van der Waals surface area contributed by atoms with Crippen LogP contribution in [0.3, 0.4) is 0 Å². The second-order valence-electron chi connectivity index (χ2n) is 15.2. The summed E-state index contributed by atoms with van der Waals surface area (Å²) in [6.07, 6.45) is 11.3. The number of carboxylic acid groups (broad SMARTS) is 1. The van der Waals surface area contributed by atoms with Crippen LogP contribution in [0.4, 0.5) is 4.79 Å². The maximum atomic E-state index is 13.5. The maximum absolute atomic E-state index is 13.5. The van der Waals surface area contributed by atoms with E-state index in [2.05, 4.69) is 43.9 Å². The van der Waals surface area contributed by atoms with Crippen molar-refractivity contribution in [3.63, 3.8) is 0 Å². The first kappa shape index (κ1) is 37.3.